The summed E-state index contributed by atoms with van der Waals surface area (Å²) in [7, 11) is -1.14. The van der Waals surface area contributed by atoms with Crippen molar-refractivity contribution in [2.45, 2.75) is 43.6 Å². The Kier molecular flexibility index (Phi) is 6.14. The van der Waals surface area contributed by atoms with Crippen LogP contribution < -0.4 is 0 Å². The van der Waals surface area contributed by atoms with Gasteiger partial charge in [-0.2, -0.15) is 0 Å². The number of amides is 1. The highest BCUT2D eigenvalue weighted by atomic mass is 32.2. The molecule has 1 aromatic carbocycles. The van der Waals surface area contributed by atoms with Gasteiger partial charge in [-0.05, 0) is 32.8 Å². The molecule has 0 saturated carbocycles. The summed E-state index contributed by atoms with van der Waals surface area (Å²) in [6.45, 7) is 6.25. The molecule has 1 fully saturated rings. The van der Waals surface area contributed by atoms with E-state index in [1.165, 1.54) is 11.8 Å². The molecule has 1 amide bonds. The van der Waals surface area contributed by atoms with Gasteiger partial charge in [0.05, 0.1) is 16.8 Å². The molecule has 1 aromatic heterocycles. The summed E-state index contributed by atoms with van der Waals surface area (Å²) in [5, 5.41) is 8.86. The normalized spacial score (nSPS) is 19.5. The third-order valence-corrected chi connectivity index (χ3v) is 8.00. The number of hydrogen-bond acceptors (Lipinski definition) is 6. The summed E-state index contributed by atoms with van der Waals surface area (Å²) in [6, 6.07) is 7.74. The minimum atomic E-state index is -3.03. The first-order valence-electron chi connectivity index (χ1n) is 9.36. The van der Waals surface area contributed by atoms with E-state index in [0.29, 0.717) is 18.1 Å². The molecule has 0 radical (unpaired) electrons. The molecule has 7 nitrogen and oxygen atoms in total. The first kappa shape index (κ1) is 20.9. The number of aryl methyl sites for hydroxylation is 1. The molecule has 1 aliphatic heterocycles. The Balaban J connectivity index is 1.75. The molecule has 0 unspecified atom stereocenters. The number of thioether (sulfide) groups is 1. The number of rotatable bonds is 6. The Morgan fingerprint density at radius 1 is 1.36 bits per heavy atom. The van der Waals surface area contributed by atoms with Gasteiger partial charge in [0, 0.05) is 25.2 Å². The smallest absolute Gasteiger partial charge is 0.236 e. The molecule has 9 heteroatoms. The Bertz CT molecular complexity index is 971. The summed E-state index contributed by atoms with van der Waals surface area (Å²) in [6.07, 6.45) is 0.515. The minimum Gasteiger partial charge on any atom is -0.338 e. The molecule has 3 rings (SSSR count). The quantitative estimate of drug-likeness (QED) is 0.664. The fraction of sp³-hybridized carbons (Fsp3) is 0.526. The number of benzene rings is 1. The van der Waals surface area contributed by atoms with Crippen molar-refractivity contribution in [3.05, 3.63) is 29.8 Å². The van der Waals surface area contributed by atoms with E-state index < -0.39 is 9.84 Å². The molecule has 152 valence electrons. The Morgan fingerprint density at radius 2 is 2.07 bits per heavy atom. The Hall–Kier alpha value is -1.87. The summed E-state index contributed by atoms with van der Waals surface area (Å²) >= 11 is 1.35. The lowest BCUT2D eigenvalue weighted by atomic mass is 10.1. The van der Waals surface area contributed by atoms with Gasteiger partial charge in [-0.15, -0.1) is 10.2 Å². The van der Waals surface area contributed by atoms with E-state index in [4.69, 9.17) is 0 Å². The average molecular weight is 423 g/mol. The molecule has 2 heterocycles. The molecule has 0 bridgehead atoms. The first-order valence-corrected chi connectivity index (χ1v) is 12.1. The number of hydrogen-bond donors (Lipinski definition) is 0. The maximum atomic E-state index is 13.0. The number of aromatic nitrogens is 3. The fourth-order valence-corrected chi connectivity index (χ4v) is 6.15. The second kappa shape index (κ2) is 8.24. The summed E-state index contributed by atoms with van der Waals surface area (Å²) in [5.74, 6) is 0.918. The van der Waals surface area contributed by atoms with Gasteiger partial charge in [0.15, 0.2) is 20.8 Å². The molecule has 1 aliphatic rings. The minimum absolute atomic E-state index is 0.0601. The van der Waals surface area contributed by atoms with Gasteiger partial charge in [0.1, 0.15) is 0 Å². The molecule has 2 atom stereocenters. The van der Waals surface area contributed by atoms with Crippen LogP contribution in [0.5, 0.6) is 0 Å². The van der Waals surface area contributed by atoms with E-state index in [-0.39, 0.29) is 28.7 Å². The van der Waals surface area contributed by atoms with E-state index in [0.717, 1.165) is 17.0 Å². The van der Waals surface area contributed by atoms with Crippen molar-refractivity contribution in [1.29, 1.82) is 0 Å². The number of carbonyl (C=O) groups is 1. The summed E-state index contributed by atoms with van der Waals surface area (Å²) < 4.78 is 25.5. The SMILES string of the molecule is CCN(C(=O)[C@@H](C)Sc1nnc(-c2ccccc2C)n1C)[C@H]1CCS(=O)(=O)C1. The standard InChI is InChI=1S/C19H26N4O3S2/c1-5-23(15-10-11-28(25,26)12-15)18(24)14(3)27-19-21-20-17(22(19)4)16-9-7-6-8-13(16)2/h6-9,14-15H,5,10-12H2,1-4H3/t14-,15+/m1/s1. The van der Waals surface area contributed by atoms with Gasteiger partial charge in [0.25, 0.3) is 0 Å². The third kappa shape index (κ3) is 4.25. The highest BCUT2D eigenvalue weighted by molar-refractivity contribution is 8.00. The molecular formula is C19H26N4O3S2. The van der Waals surface area contributed by atoms with Crippen LogP contribution in [0.3, 0.4) is 0 Å². The van der Waals surface area contributed by atoms with Crippen molar-refractivity contribution in [1.82, 2.24) is 19.7 Å². The van der Waals surface area contributed by atoms with Crippen LogP contribution in [0, 0.1) is 6.92 Å². The predicted octanol–water partition coefficient (Wildman–Crippen LogP) is 2.31. The van der Waals surface area contributed by atoms with Crippen LogP contribution in [0.1, 0.15) is 25.8 Å². The second-order valence-electron chi connectivity index (χ2n) is 7.12. The van der Waals surface area contributed by atoms with Crippen molar-refractivity contribution in [3.63, 3.8) is 0 Å². The second-order valence-corrected chi connectivity index (χ2v) is 10.7. The zero-order chi connectivity index (χ0) is 20.5. The van der Waals surface area contributed by atoms with Crippen molar-refractivity contribution in [2.24, 2.45) is 7.05 Å². The topological polar surface area (TPSA) is 85.2 Å². The maximum Gasteiger partial charge on any atom is 0.236 e. The van der Waals surface area contributed by atoms with Gasteiger partial charge < -0.3 is 9.47 Å². The zero-order valence-corrected chi connectivity index (χ0v) is 18.3. The number of carbonyl (C=O) groups excluding carboxylic acids is 1. The molecular weight excluding hydrogens is 396 g/mol. The van der Waals surface area contributed by atoms with Gasteiger partial charge in [-0.1, -0.05) is 36.0 Å². The fourth-order valence-electron chi connectivity index (χ4n) is 3.53. The van der Waals surface area contributed by atoms with Crippen LogP contribution in [0.25, 0.3) is 11.4 Å². The van der Waals surface area contributed by atoms with E-state index in [1.807, 2.05) is 56.7 Å². The number of sulfone groups is 1. The van der Waals surface area contributed by atoms with Crippen LogP contribution >= 0.6 is 11.8 Å². The monoisotopic (exact) mass is 422 g/mol. The van der Waals surface area contributed by atoms with Gasteiger partial charge >= 0.3 is 0 Å². The molecule has 1 saturated heterocycles. The molecule has 2 aromatic rings. The first-order chi connectivity index (χ1) is 13.2. The zero-order valence-electron chi connectivity index (χ0n) is 16.6. The van der Waals surface area contributed by atoms with Crippen LogP contribution in [0.2, 0.25) is 0 Å². The lowest BCUT2D eigenvalue weighted by Crippen LogP contribution is -2.44. The maximum absolute atomic E-state index is 13.0. The van der Waals surface area contributed by atoms with Crippen LogP contribution in [0.4, 0.5) is 0 Å². The largest absolute Gasteiger partial charge is 0.338 e. The third-order valence-electron chi connectivity index (χ3n) is 5.12. The highest BCUT2D eigenvalue weighted by Crippen LogP contribution is 2.29. The van der Waals surface area contributed by atoms with Crippen LogP contribution in [0.15, 0.2) is 29.4 Å². The van der Waals surface area contributed by atoms with E-state index in [1.54, 1.807) is 4.90 Å². The van der Waals surface area contributed by atoms with Crippen molar-refractivity contribution >= 4 is 27.5 Å². The van der Waals surface area contributed by atoms with Crippen molar-refractivity contribution in [3.8, 4) is 11.4 Å². The van der Waals surface area contributed by atoms with Gasteiger partial charge in [-0.25, -0.2) is 8.42 Å². The van der Waals surface area contributed by atoms with Crippen molar-refractivity contribution in [2.75, 3.05) is 18.1 Å². The van der Waals surface area contributed by atoms with Crippen LogP contribution in [-0.2, 0) is 21.7 Å². The predicted molar refractivity (Wildman–Crippen MR) is 111 cm³/mol. The molecule has 0 N–H and O–H groups in total. The van der Waals surface area contributed by atoms with Crippen molar-refractivity contribution < 1.29 is 13.2 Å². The average Bonchev–Trinajstić information content (AvgIpc) is 3.18. The van der Waals surface area contributed by atoms with Gasteiger partial charge in [-0.3, -0.25) is 4.79 Å². The lowest BCUT2D eigenvalue weighted by Gasteiger charge is -2.29. The van der Waals surface area contributed by atoms with Gasteiger partial charge in [0.2, 0.25) is 5.91 Å². The lowest BCUT2D eigenvalue weighted by molar-refractivity contribution is -0.131. The summed E-state index contributed by atoms with van der Waals surface area (Å²) in [4.78, 5) is 14.7. The Labute approximate surface area is 170 Å². The number of nitrogens with zero attached hydrogens (tertiary/aromatic N) is 4. The molecule has 0 spiro atoms. The van der Waals surface area contributed by atoms with E-state index in [2.05, 4.69) is 10.2 Å². The van der Waals surface area contributed by atoms with E-state index >= 15 is 0 Å². The molecule has 0 aliphatic carbocycles. The van der Waals surface area contributed by atoms with E-state index in [9.17, 15) is 13.2 Å². The highest BCUT2D eigenvalue weighted by Gasteiger charge is 2.35. The summed E-state index contributed by atoms with van der Waals surface area (Å²) in [5.41, 5.74) is 2.12. The Morgan fingerprint density at radius 3 is 2.68 bits per heavy atom. The van der Waals surface area contributed by atoms with Crippen LogP contribution in [-0.4, -0.2) is 63.3 Å². The molecule has 28 heavy (non-hydrogen) atoms.